The summed E-state index contributed by atoms with van der Waals surface area (Å²) in [7, 11) is 0. The van der Waals surface area contributed by atoms with Gasteiger partial charge >= 0.3 is 5.97 Å². The van der Waals surface area contributed by atoms with E-state index in [2.05, 4.69) is 70.2 Å². The minimum absolute atomic E-state index is 0.0812. The summed E-state index contributed by atoms with van der Waals surface area (Å²) in [6.07, 6.45) is 4.51. The summed E-state index contributed by atoms with van der Waals surface area (Å²) in [6.45, 7) is 4.22. The molecule has 1 amide bonds. The third-order valence-electron chi connectivity index (χ3n) is 10.4. The average Bonchev–Trinajstić information content (AvgIpc) is 4.12. The Bertz CT molecular complexity index is 2280. The normalized spacial score (nSPS) is 15.9. The fourth-order valence-corrected chi connectivity index (χ4v) is 7.31. The smallest absolute Gasteiger partial charge is 0.358 e. The second-order valence-corrected chi connectivity index (χ2v) is 14.0. The number of nitrogens with one attached hydrogen (secondary N) is 1. The number of carbonyl (C=O) groups excluding carboxylic acids is 1. The molecule has 6 aromatic rings. The lowest BCUT2D eigenvalue weighted by Crippen LogP contribution is -2.38. The summed E-state index contributed by atoms with van der Waals surface area (Å²) in [6, 6.07) is 35.1. The van der Waals surface area contributed by atoms with Crippen LogP contribution in [0.5, 0.6) is 23.0 Å². The van der Waals surface area contributed by atoms with E-state index in [4.69, 9.17) is 33.1 Å². The van der Waals surface area contributed by atoms with Crippen LogP contribution >= 0.6 is 0 Å². The van der Waals surface area contributed by atoms with Gasteiger partial charge in [-0.15, -0.1) is 0 Å². The first-order valence-corrected chi connectivity index (χ1v) is 19.0. The van der Waals surface area contributed by atoms with Crippen molar-refractivity contribution in [2.45, 2.75) is 37.5 Å². The second-order valence-electron chi connectivity index (χ2n) is 14.0. The number of piperidine rings is 2. The third kappa shape index (κ3) is 8.94. The number of aromatic nitrogens is 2. The van der Waals surface area contributed by atoms with Gasteiger partial charge in [0.05, 0.1) is 0 Å². The number of carboxylic acid groups (broad SMARTS) is 1. The van der Waals surface area contributed by atoms with Gasteiger partial charge in [-0.05, 0) is 98.1 Å². The number of nitrogens with zero attached hydrogens (tertiary/aromatic N) is 3. The molecule has 0 aliphatic carbocycles. The van der Waals surface area contributed by atoms with Gasteiger partial charge in [0.25, 0.3) is 5.91 Å². The highest BCUT2D eigenvalue weighted by atomic mass is 16.7. The predicted octanol–water partition coefficient (Wildman–Crippen LogP) is 8.01. The average molecular weight is 771 g/mol. The lowest BCUT2D eigenvalue weighted by molar-refractivity contribution is 0.0682. The van der Waals surface area contributed by atoms with Gasteiger partial charge in [-0.25, -0.2) is 4.79 Å². The van der Waals surface area contributed by atoms with Crippen LogP contribution in [-0.2, 0) is 0 Å². The zero-order chi connectivity index (χ0) is 39.0. The van der Waals surface area contributed by atoms with E-state index in [1.807, 2.05) is 29.2 Å². The van der Waals surface area contributed by atoms with E-state index in [9.17, 15) is 9.59 Å². The molecule has 0 atom stereocenters. The van der Waals surface area contributed by atoms with Crippen LogP contribution in [0.1, 0.15) is 69.6 Å². The van der Waals surface area contributed by atoms with Crippen LogP contribution < -0.4 is 24.3 Å². The third-order valence-corrected chi connectivity index (χ3v) is 10.4. The molecule has 4 aromatic carbocycles. The number of rotatable bonds is 6. The molecule has 0 saturated carbocycles. The minimum atomic E-state index is -1.12. The summed E-state index contributed by atoms with van der Waals surface area (Å²) in [4.78, 5) is 25.4. The Hall–Kier alpha value is -6.60. The number of hydrogen-bond acceptors (Lipinski definition) is 11. The SMILES string of the molecule is O=C(O)c1cc(-c2ccc3c(c2)OCO3)on1.O=C(c1cc(-c2ccc3c(c2)OCO3)on1)N1CCC(c2ccccc2)CC1.c1ccc(C2CCNCC2)cc1. The van der Waals surface area contributed by atoms with Crippen LogP contribution in [0.3, 0.4) is 0 Å². The van der Waals surface area contributed by atoms with Gasteiger partial charge in [0.1, 0.15) is 0 Å². The number of aromatic carboxylic acids is 1. The summed E-state index contributed by atoms with van der Waals surface area (Å²) in [5.41, 5.74) is 4.57. The Morgan fingerprint density at radius 1 is 0.579 bits per heavy atom. The maximum absolute atomic E-state index is 12.8. The second kappa shape index (κ2) is 17.5. The summed E-state index contributed by atoms with van der Waals surface area (Å²) < 4.78 is 31.5. The first kappa shape index (κ1) is 37.3. The molecule has 292 valence electrons. The van der Waals surface area contributed by atoms with E-state index in [1.165, 1.54) is 43.1 Å². The molecule has 2 aromatic heterocycles. The van der Waals surface area contributed by atoms with E-state index < -0.39 is 5.97 Å². The molecule has 0 spiro atoms. The number of amides is 1. The molecule has 2 fully saturated rings. The van der Waals surface area contributed by atoms with Gasteiger partial charge in [0.2, 0.25) is 13.6 Å². The van der Waals surface area contributed by atoms with E-state index in [0.29, 0.717) is 51.7 Å². The van der Waals surface area contributed by atoms with Gasteiger partial charge in [0, 0.05) is 36.3 Å². The minimum Gasteiger partial charge on any atom is -0.476 e. The zero-order valence-corrected chi connectivity index (χ0v) is 31.2. The maximum atomic E-state index is 12.8. The van der Waals surface area contributed by atoms with E-state index in [0.717, 1.165) is 37.4 Å². The van der Waals surface area contributed by atoms with Crippen molar-refractivity contribution in [1.29, 1.82) is 0 Å². The highest BCUT2D eigenvalue weighted by molar-refractivity contribution is 5.93. The molecule has 4 aliphatic rings. The molecule has 10 rings (SSSR count). The Morgan fingerprint density at radius 3 is 1.56 bits per heavy atom. The molecule has 2 N–H and O–H groups in total. The maximum Gasteiger partial charge on any atom is 0.358 e. The van der Waals surface area contributed by atoms with Crippen molar-refractivity contribution in [3.8, 4) is 45.6 Å². The summed E-state index contributed by atoms with van der Waals surface area (Å²) >= 11 is 0. The summed E-state index contributed by atoms with van der Waals surface area (Å²) in [5.74, 6) is 3.66. The van der Waals surface area contributed by atoms with Crippen molar-refractivity contribution in [2.75, 3.05) is 39.8 Å². The van der Waals surface area contributed by atoms with Crippen molar-refractivity contribution in [3.05, 3.63) is 132 Å². The molecule has 0 unspecified atom stereocenters. The highest BCUT2D eigenvalue weighted by Crippen LogP contribution is 2.37. The van der Waals surface area contributed by atoms with E-state index in [1.54, 1.807) is 24.3 Å². The molecule has 13 nitrogen and oxygen atoms in total. The number of carboxylic acids is 1. The van der Waals surface area contributed by atoms with Crippen molar-refractivity contribution in [3.63, 3.8) is 0 Å². The lowest BCUT2D eigenvalue weighted by atomic mass is 9.89. The first-order valence-electron chi connectivity index (χ1n) is 19.0. The predicted molar refractivity (Wildman–Crippen MR) is 209 cm³/mol. The van der Waals surface area contributed by atoms with Crippen LogP contribution in [0.15, 0.2) is 118 Å². The molecule has 13 heteroatoms. The van der Waals surface area contributed by atoms with E-state index in [-0.39, 0.29) is 25.2 Å². The van der Waals surface area contributed by atoms with Crippen molar-refractivity contribution in [2.24, 2.45) is 0 Å². The van der Waals surface area contributed by atoms with Crippen molar-refractivity contribution >= 4 is 11.9 Å². The fraction of sp³-hybridized carbons (Fsp3) is 0.273. The van der Waals surface area contributed by atoms with Gasteiger partial charge in [-0.3, -0.25) is 4.79 Å². The van der Waals surface area contributed by atoms with Crippen LogP contribution in [0.25, 0.3) is 22.6 Å². The number of hydrogen-bond donors (Lipinski definition) is 2. The number of carbonyl (C=O) groups is 2. The molecule has 2 saturated heterocycles. The number of likely N-dealkylation sites (tertiary alicyclic amines) is 1. The summed E-state index contributed by atoms with van der Waals surface area (Å²) in [5, 5.41) is 19.6. The molecule has 0 radical (unpaired) electrons. The van der Waals surface area contributed by atoms with Gasteiger partial charge < -0.3 is 43.3 Å². The van der Waals surface area contributed by atoms with Crippen LogP contribution in [0, 0.1) is 0 Å². The Balaban J connectivity index is 0.000000133. The van der Waals surface area contributed by atoms with Gasteiger partial charge in [-0.2, -0.15) is 0 Å². The zero-order valence-electron chi connectivity index (χ0n) is 31.2. The molecule has 0 bridgehead atoms. The number of fused-ring (bicyclic) bond motifs is 2. The van der Waals surface area contributed by atoms with E-state index >= 15 is 0 Å². The monoisotopic (exact) mass is 770 g/mol. The van der Waals surface area contributed by atoms with Crippen LogP contribution in [0.2, 0.25) is 0 Å². The topological polar surface area (TPSA) is 159 Å². The highest BCUT2D eigenvalue weighted by Gasteiger charge is 2.27. The Labute approximate surface area is 329 Å². The largest absolute Gasteiger partial charge is 0.476 e. The molecule has 6 heterocycles. The van der Waals surface area contributed by atoms with Crippen LogP contribution in [0.4, 0.5) is 0 Å². The van der Waals surface area contributed by atoms with Crippen molar-refractivity contribution < 1.29 is 42.7 Å². The number of ether oxygens (including phenoxy) is 4. The molecular formula is C44H42N4O9. The Kier molecular flexibility index (Phi) is 11.4. The van der Waals surface area contributed by atoms with Crippen molar-refractivity contribution in [1.82, 2.24) is 20.5 Å². The molecule has 57 heavy (non-hydrogen) atoms. The van der Waals surface area contributed by atoms with Crippen LogP contribution in [-0.4, -0.2) is 72.0 Å². The first-order chi connectivity index (χ1) is 28.0. The molecule has 4 aliphatic heterocycles. The number of benzene rings is 4. The lowest BCUT2D eigenvalue weighted by Gasteiger charge is -2.31. The Morgan fingerprint density at radius 2 is 1.05 bits per heavy atom. The molecular weight excluding hydrogens is 729 g/mol. The fourth-order valence-electron chi connectivity index (χ4n) is 7.31. The quantitative estimate of drug-likeness (QED) is 0.168. The van der Waals surface area contributed by atoms with Gasteiger partial charge in [0.15, 0.2) is 45.9 Å². The standard InChI is InChI=1S/C22H20N2O4.C11H7NO5.C11H15N/c25-22(24-10-8-16(9-11-24)15-4-2-1-3-5-15)18-13-20(28-23-18)17-6-7-19-21(12-17)27-14-26-19;13-11(14)7-4-9(17-12-7)6-1-2-8-10(3-6)16-5-15-8;1-2-4-10(5-3-1)11-6-8-12-9-7-11/h1-7,12-13,16H,8-11,14H2;1-4H,5H2,(H,13,14);1-5,11-12H,6-9H2. The van der Waals surface area contributed by atoms with Gasteiger partial charge in [-0.1, -0.05) is 71.0 Å².